The minimum atomic E-state index is -4.95. The third-order valence-corrected chi connectivity index (χ3v) is 1.41. The lowest BCUT2D eigenvalue weighted by Crippen LogP contribution is -2.06. The Hall–Kier alpha value is -0.0200. The molecular weight excluding hydrogens is 144 g/mol. The summed E-state index contributed by atoms with van der Waals surface area (Å²) < 4.78 is 42.8. The molecule has 50 valence electrons. The van der Waals surface area contributed by atoms with Crippen LogP contribution in [0.1, 0.15) is 0 Å². The van der Waals surface area contributed by atoms with Crippen molar-refractivity contribution in [3.8, 4) is 0 Å². The molecule has 0 heterocycles. The van der Waals surface area contributed by atoms with Crippen molar-refractivity contribution in [2.24, 2.45) is 0 Å². The Morgan fingerprint density at radius 3 is 1.62 bits per heavy atom. The van der Waals surface area contributed by atoms with Gasteiger partial charge in [-0.15, -0.1) is 0 Å². The van der Waals surface area contributed by atoms with Crippen molar-refractivity contribution in [2.75, 3.05) is 6.66 Å². The lowest BCUT2D eigenvalue weighted by Gasteiger charge is -2.07. The van der Waals surface area contributed by atoms with Gasteiger partial charge >= 0.3 is 13.3 Å². The third-order valence-electron chi connectivity index (χ3n) is 0.470. The highest BCUT2D eigenvalue weighted by Crippen LogP contribution is 2.53. The molecule has 0 aliphatic carbocycles. The van der Waals surface area contributed by atoms with Crippen molar-refractivity contribution in [1.29, 1.82) is 0 Å². The zero-order valence-electron chi connectivity index (χ0n) is 3.94. The van der Waals surface area contributed by atoms with Crippen LogP contribution in [0.25, 0.3) is 0 Å². The SMILES string of the molecule is CP(=O)(O)C(F)(F)F. The summed E-state index contributed by atoms with van der Waals surface area (Å²) in [5.41, 5.74) is 0. The maximum absolute atomic E-state index is 11.0. The predicted molar refractivity (Wildman–Crippen MR) is 21.8 cm³/mol. The van der Waals surface area contributed by atoms with E-state index in [9.17, 15) is 17.7 Å². The summed E-state index contributed by atoms with van der Waals surface area (Å²) in [4.78, 5) is 7.78. The van der Waals surface area contributed by atoms with Gasteiger partial charge in [0.2, 0.25) is 0 Å². The zero-order chi connectivity index (χ0) is 7.00. The van der Waals surface area contributed by atoms with Crippen LogP contribution in [-0.2, 0) is 4.57 Å². The molecule has 0 amide bonds. The first-order valence-electron chi connectivity index (χ1n) is 1.62. The monoisotopic (exact) mass is 148 g/mol. The average Bonchev–Trinajstić information content (AvgIpc) is 1.25. The van der Waals surface area contributed by atoms with Gasteiger partial charge in [0.05, 0.1) is 0 Å². The minimum absolute atomic E-state index is 0.257. The van der Waals surface area contributed by atoms with Crippen molar-refractivity contribution >= 4 is 7.37 Å². The molecule has 1 N–H and O–H groups in total. The third kappa shape index (κ3) is 1.84. The Kier molecular flexibility index (Phi) is 1.73. The summed E-state index contributed by atoms with van der Waals surface area (Å²) >= 11 is 0. The smallest absolute Gasteiger partial charge is 0.338 e. The van der Waals surface area contributed by atoms with Crippen LogP contribution in [0.15, 0.2) is 0 Å². The van der Waals surface area contributed by atoms with Gasteiger partial charge in [-0.05, 0) is 0 Å². The van der Waals surface area contributed by atoms with Crippen LogP contribution in [-0.4, -0.2) is 17.5 Å². The Morgan fingerprint density at radius 2 is 1.62 bits per heavy atom. The van der Waals surface area contributed by atoms with Gasteiger partial charge in [-0.25, -0.2) is 0 Å². The summed E-state index contributed by atoms with van der Waals surface area (Å²) in [6.45, 7) is 0.257. The van der Waals surface area contributed by atoms with Gasteiger partial charge in [0.15, 0.2) is 0 Å². The summed E-state index contributed by atoms with van der Waals surface area (Å²) in [6.07, 6.45) is 0. The topological polar surface area (TPSA) is 37.3 Å². The fraction of sp³-hybridized carbons (Fsp3) is 1.00. The van der Waals surface area contributed by atoms with Crippen LogP contribution in [0.2, 0.25) is 0 Å². The maximum atomic E-state index is 11.0. The van der Waals surface area contributed by atoms with E-state index in [2.05, 4.69) is 0 Å². The van der Waals surface area contributed by atoms with Crippen molar-refractivity contribution in [2.45, 2.75) is 5.92 Å². The first kappa shape index (κ1) is 7.98. The molecule has 0 fully saturated rings. The molecule has 0 rings (SSSR count). The molecule has 0 bridgehead atoms. The van der Waals surface area contributed by atoms with Crippen LogP contribution in [0, 0.1) is 0 Å². The molecule has 6 heteroatoms. The fourth-order valence-electron chi connectivity index (χ4n) is 0. The van der Waals surface area contributed by atoms with Crippen LogP contribution >= 0.6 is 7.37 Å². The van der Waals surface area contributed by atoms with Crippen molar-refractivity contribution in [3.63, 3.8) is 0 Å². The van der Waals surface area contributed by atoms with Gasteiger partial charge < -0.3 is 4.89 Å². The Labute approximate surface area is 43.8 Å². The molecule has 8 heavy (non-hydrogen) atoms. The molecule has 0 spiro atoms. The number of halogens is 3. The standard InChI is InChI=1S/C2H4F3O2P/c1-8(6,7)2(3,4)5/h1H3,(H,6,7). The first-order valence-corrected chi connectivity index (χ1v) is 3.73. The highest BCUT2D eigenvalue weighted by atomic mass is 31.2. The van der Waals surface area contributed by atoms with Gasteiger partial charge in [0.1, 0.15) is 0 Å². The van der Waals surface area contributed by atoms with Gasteiger partial charge in [0.25, 0.3) is 0 Å². The molecule has 0 aliphatic heterocycles. The molecule has 0 saturated heterocycles. The molecule has 0 aromatic heterocycles. The number of alkyl halides is 3. The Bertz CT molecular complexity index is 122. The minimum Gasteiger partial charge on any atom is -0.338 e. The van der Waals surface area contributed by atoms with Gasteiger partial charge in [-0.1, -0.05) is 0 Å². The second kappa shape index (κ2) is 1.74. The molecule has 1 atom stereocenters. The zero-order valence-corrected chi connectivity index (χ0v) is 4.83. The second-order valence-corrected chi connectivity index (χ2v) is 3.61. The van der Waals surface area contributed by atoms with Crippen LogP contribution in [0.4, 0.5) is 13.2 Å². The van der Waals surface area contributed by atoms with Crippen molar-refractivity contribution < 1.29 is 22.6 Å². The van der Waals surface area contributed by atoms with Crippen LogP contribution in [0.5, 0.6) is 0 Å². The van der Waals surface area contributed by atoms with E-state index in [0.717, 1.165) is 0 Å². The fourth-order valence-corrected chi connectivity index (χ4v) is 0. The quantitative estimate of drug-likeness (QED) is 0.527. The van der Waals surface area contributed by atoms with E-state index in [0.29, 0.717) is 0 Å². The normalized spacial score (nSPS) is 20.1. The van der Waals surface area contributed by atoms with E-state index >= 15 is 0 Å². The van der Waals surface area contributed by atoms with E-state index in [4.69, 9.17) is 4.89 Å². The Morgan fingerprint density at radius 1 is 1.50 bits per heavy atom. The van der Waals surface area contributed by atoms with Crippen LogP contribution in [0.3, 0.4) is 0 Å². The average molecular weight is 148 g/mol. The maximum Gasteiger partial charge on any atom is 0.465 e. The van der Waals surface area contributed by atoms with E-state index in [-0.39, 0.29) is 6.66 Å². The lowest BCUT2D eigenvalue weighted by atomic mass is 11.5. The molecule has 0 aliphatic rings. The number of rotatable bonds is 0. The molecule has 2 nitrogen and oxygen atoms in total. The van der Waals surface area contributed by atoms with Crippen molar-refractivity contribution in [1.82, 2.24) is 0 Å². The van der Waals surface area contributed by atoms with Gasteiger partial charge in [-0.3, -0.25) is 4.57 Å². The van der Waals surface area contributed by atoms with E-state index in [1.165, 1.54) is 0 Å². The van der Waals surface area contributed by atoms with E-state index in [1.807, 2.05) is 0 Å². The van der Waals surface area contributed by atoms with E-state index < -0.39 is 13.3 Å². The predicted octanol–water partition coefficient (Wildman–Crippen LogP) is 1.41. The highest BCUT2D eigenvalue weighted by molar-refractivity contribution is 7.58. The summed E-state index contributed by atoms with van der Waals surface area (Å²) in [5.74, 6) is -4.95. The molecule has 0 aromatic carbocycles. The summed E-state index contributed by atoms with van der Waals surface area (Å²) in [6, 6.07) is 0. The van der Waals surface area contributed by atoms with Crippen LogP contribution < -0.4 is 0 Å². The molecule has 0 radical (unpaired) electrons. The molecule has 0 saturated carbocycles. The van der Waals surface area contributed by atoms with E-state index in [1.54, 1.807) is 0 Å². The first-order chi connectivity index (χ1) is 3.25. The van der Waals surface area contributed by atoms with Gasteiger partial charge in [-0.2, -0.15) is 13.2 Å². The molecule has 0 aromatic rings. The molecular formula is C2H4F3O2P. The number of hydrogen-bond acceptors (Lipinski definition) is 1. The Balaban J connectivity index is 4.26. The van der Waals surface area contributed by atoms with Gasteiger partial charge in [0, 0.05) is 6.66 Å². The second-order valence-electron chi connectivity index (χ2n) is 1.35. The lowest BCUT2D eigenvalue weighted by molar-refractivity contribution is -0.0543. The molecule has 1 unspecified atom stereocenters. The van der Waals surface area contributed by atoms with Crippen molar-refractivity contribution in [3.05, 3.63) is 0 Å². The highest BCUT2D eigenvalue weighted by Gasteiger charge is 2.45. The summed E-state index contributed by atoms with van der Waals surface area (Å²) in [5, 5.41) is 0. The number of hydrogen-bond donors (Lipinski definition) is 1. The summed E-state index contributed by atoms with van der Waals surface area (Å²) in [7, 11) is -4.85. The largest absolute Gasteiger partial charge is 0.465 e.